The normalized spacial score (nSPS) is 27.0. The molecule has 0 N–H and O–H groups in total. The van der Waals surface area contributed by atoms with Crippen LogP contribution in [0.2, 0.25) is 0 Å². The fraction of sp³-hybridized carbons (Fsp3) is 0.364. The molecule has 3 nitrogen and oxygen atoms in total. The van der Waals surface area contributed by atoms with Gasteiger partial charge < -0.3 is 9.64 Å². The minimum absolute atomic E-state index is 0.0312. The molecule has 3 heteroatoms. The molecule has 0 saturated carbocycles. The van der Waals surface area contributed by atoms with Crippen molar-refractivity contribution in [3.63, 3.8) is 0 Å². The third kappa shape index (κ3) is 1.40. The smallest absolute Gasteiger partial charge is 0.258 e. The summed E-state index contributed by atoms with van der Waals surface area (Å²) in [6.07, 6.45) is -0.552. The van der Waals surface area contributed by atoms with Gasteiger partial charge in [-0.25, -0.2) is 0 Å². The van der Waals surface area contributed by atoms with Crippen LogP contribution in [0.3, 0.4) is 0 Å². The highest BCUT2D eigenvalue weighted by Gasteiger charge is 2.36. The SMILES string of the molecule is C[C@@H]1O[C@@H](c2ccccc2)C(=O)N1C. The van der Waals surface area contributed by atoms with Gasteiger partial charge in [0.1, 0.15) is 6.23 Å². The van der Waals surface area contributed by atoms with Crippen LogP contribution in [-0.2, 0) is 9.53 Å². The summed E-state index contributed by atoms with van der Waals surface area (Å²) in [5.74, 6) is 0.0312. The van der Waals surface area contributed by atoms with Crippen molar-refractivity contribution < 1.29 is 9.53 Å². The van der Waals surface area contributed by atoms with Crippen molar-refractivity contribution in [1.29, 1.82) is 0 Å². The second kappa shape index (κ2) is 3.42. The number of benzene rings is 1. The molecule has 1 saturated heterocycles. The number of amides is 1. The van der Waals surface area contributed by atoms with E-state index >= 15 is 0 Å². The Morgan fingerprint density at radius 1 is 1.29 bits per heavy atom. The van der Waals surface area contributed by atoms with Crippen LogP contribution in [0.5, 0.6) is 0 Å². The van der Waals surface area contributed by atoms with Crippen molar-refractivity contribution in [2.24, 2.45) is 0 Å². The Balaban J connectivity index is 2.26. The van der Waals surface area contributed by atoms with Gasteiger partial charge in [0.05, 0.1) is 0 Å². The summed E-state index contributed by atoms with van der Waals surface area (Å²) in [5, 5.41) is 0. The maximum Gasteiger partial charge on any atom is 0.258 e. The summed E-state index contributed by atoms with van der Waals surface area (Å²) < 4.78 is 5.55. The largest absolute Gasteiger partial charge is 0.341 e. The fourth-order valence-corrected chi connectivity index (χ4v) is 1.56. The molecule has 1 aliphatic heterocycles. The van der Waals surface area contributed by atoms with Crippen LogP contribution in [0.4, 0.5) is 0 Å². The average Bonchev–Trinajstić information content (AvgIpc) is 2.47. The number of ether oxygens (including phenoxy) is 1. The molecule has 1 aliphatic rings. The van der Waals surface area contributed by atoms with E-state index in [1.54, 1.807) is 11.9 Å². The molecular weight excluding hydrogens is 178 g/mol. The zero-order valence-corrected chi connectivity index (χ0v) is 8.31. The summed E-state index contributed by atoms with van der Waals surface area (Å²) in [6.45, 7) is 1.88. The first-order chi connectivity index (χ1) is 6.70. The Morgan fingerprint density at radius 2 is 1.93 bits per heavy atom. The van der Waals surface area contributed by atoms with E-state index in [4.69, 9.17) is 4.74 Å². The first-order valence-electron chi connectivity index (χ1n) is 4.67. The Kier molecular flexibility index (Phi) is 2.25. The van der Waals surface area contributed by atoms with E-state index in [2.05, 4.69) is 0 Å². The number of carbonyl (C=O) groups is 1. The molecule has 74 valence electrons. The van der Waals surface area contributed by atoms with Gasteiger partial charge in [-0.05, 0) is 12.5 Å². The van der Waals surface area contributed by atoms with Crippen molar-refractivity contribution in [2.45, 2.75) is 19.3 Å². The molecule has 0 radical (unpaired) electrons. The lowest BCUT2D eigenvalue weighted by Crippen LogP contribution is -2.27. The van der Waals surface area contributed by atoms with Crippen LogP contribution in [0.1, 0.15) is 18.6 Å². The third-order valence-electron chi connectivity index (χ3n) is 2.55. The molecule has 2 rings (SSSR count). The molecule has 1 aromatic carbocycles. The second-order valence-electron chi connectivity index (χ2n) is 3.48. The summed E-state index contributed by atoms with van der Waals surface area (Å²) in [5.41, 5.74) is 0.925. The van der Waals surface area contributed by atoms with Gasteiger partial charge in [0.2, 0.25) is 0 Å². The topological polar surface area (TPSA) is 29.5 Å². The van der Waals surface area contributed by atoms with E-state index in [-0.39, 0.29) is 12.1 Å². The predicted molar refractivity (Wildman–Crippen MR) is 52.5 cm³/mol. The molecule has 14 heavy (non-hydrogen) atoms. The summed E-state index contributed by atoms with van der Waals surface area (Å²) >= 11 is 0. The maximum absolute atomic E-state index is 11.7. The summed E-state index contributed by atoms with van der Waals surface area (Å²) in [6, 6.07) is 9.57. The highest BCUT2D eigenvalue weighted by molar-refractivity contribution is 5.83. The quantitative estimate of drug-likeness (QED) is 0.674. The van der Waals surface area contributed by atoms with Gasteiger partial charge in [-0.3, -0.25) is 4.79 Å². The van der Waals surface area contributed by atoms with Gasteiger partial charge in [-0.1, -0.05) is 30.3 Å². The fourth-order valence-electron chi connectivity index (χ4n) is 1.56. The van der Waals surface area contributed by atoms with Gasteiger partial charge in [0.25, 0.3) is 5.91 Å². The minimum Gasteiger partial charge on any atom is -0.341 e. The van der Waals surface area contributed by atoms with E-state index in [1.165, 1.54) is 0 Å². The third-order valence-corrected chi connectivity index (χ3v) is 2.55. The standard InChI is InChI=1S/C11H13NO2/c1-8-12(2)11(13)10(14-8)9-6-4-3-5-7-9/h3-8,10H,1-2H3/t8-,10-/m0/s1. The highest BCUT2D eigenvalue weighted by atomic mass is 16.5. The molecule has 1 aromatic rings. The van der Waals surface area contributed by atoms with Gasteiger partial charge in [-0.2, -0.15) is 0 Å². The van der Waals surface area contributed by atoms with E-state index in [9.17, 15) is 4.79 Å². The Bertz CT molecular complexity index is 336. The van der Waals surface area contributed by atoms with Crippen LogP contribution >= 0.6 is 0 Å². The van der Waals surface area contributed by atoms with Crippen molar-refractivity contribution in [2.75, 3.05) is 7.05 Å². The van der Waals surface area contributed by atoms with Crippen LogP contribution < -0.4 is 0 Å². The van der Waals surface area contributed by atoms with Crippen LogP contribution in [0.25, 0.3) is 0 Å². The lowest BCUT2D eigenvalue weighted by molar-refractivity contribution is -0.129. The Morgan fingerprint density at radius 3 is 2.43 bits per heavy atom. The van der Waals surface area contributed by atoms with Gasteiger partial charge >= 0.3 is 0 Å². The van der Waals surface area contributed by atoms with E-state index in [0.717, 1.165) is 5.56 Å². The van der Waals surface area contributed by atoms with Crippen LogP contribution in [0.15, 0.2) is 30.3 Å². The minimum atomic E-state index is -0.420. The molecule has 0 aliphatic carbocycles. The summed E-state index contributed by atoms with van der Waals surface area (Å²) in [7, 11) is 1.76. The Hall–Kier alpha value is -1.35. The summed E-state index contributed by atoms with van der Waals surface area (Å²) in [4.78, 5) is 13.3. The van der Waals surface area contributed by atoms with Crippen molar-refractivity contribution in [3.05, 3.63) is 35.9 Å². The van der Waals surface area contributed by atoms with E-state index < -0.39 is 6.10 Å². The first-order valence-corrected chi connectivity index (χ1v) is 4.67. The highest BCUT2D eigenvalue weighted by Crippen LogP contribution is 2.28. The van der Waals surface area contributed by atoms with Gasteiger partial charge in [0, 0.05) is 7.05 Å². The number of nitrogens with zero attached hydrogens (tertiary/aromatic N) is 1. The zero-order chi connectivity index (χ0) is 10.1. The van der Waals surface area contributed by atoms with Crippen LogP contribution in [0, 0.1) is 0 Å². The molecule has 0 aromatic heterocycles. The van der Waals surface area contributed by atoms with Gasteiger partial charge in [-0.15, -0.1) is 0 Å². The first kappa shape index (κ1) is 9.21. The van der Waals surface area contributed by atoms with Crippen molar-refractivity contribution in [1.82, 2.24) is 4.90 Å². The molecule has 1 amide bonds. The van der Waals surface area contributed by atoms with Crippen molar-refractivity contribution in [3.8, 4) is 0 Å². The lowest BCUT2D eigenvalue weighted by atomic mass is 10.1. The van der Waals surface area contributed by atoms with Crippen molar-refractivity contribution >= 4 is 5.91 Å². The molecule has 2 atom stereocenters. The molecular formula is C11H13NO2. The molecule has 0 bridgehead atoms. The number of hydrogen-bond donors (Lipinski definition) is 0. The molecule has 1 heterocycles. The number of rotatable bonds is 1. The monoisotopic (exact) mass is 191 g/mol. The lowest BCUT2D eigenvalue weighted by Gasteiger charge is -2.11. The van der Waals surface area contributed by atoms with Gasteiger partial charge in [0.15, 0.2) is 6.10 Å². The van der Waals surface area contributed by atoms with Crippen LogP contribution in [-0.4, -0.2) is 24.1 Å². The zero-order valence-electron chi connectivity index (χ0n) is 8.31. The molecule has 0 unspecified atom stereocenters. The Labute approximate surface area is 83.3 Å². The predicted octanol–water partition coefficient (Wildman–Crippen LogP) is 1.56. The molecule has 1 fully saturated rings. The number of hydrogen-bond acceptors (Lipinski definition) is 2. The van der Waals surface area contributed by atoms with E-state index in [1.807, 2.05) is 37.3 Å². The number of carbonyl (C=O) groups excluding carboxylic acids is 1. The second-order valence-corrected chi connectivity index (χ2v) is 3.48. The maximum atomic E-state index is 11.7. The number of likely N-dealkylation sites (N-methyl/N-ethyl adjacent to an activating group) is 1. The molecule has 0 spiro atoms. The van der Waals surface area contributed by atoms with E-state index in [0.29, 0.717) is 0 Å². The average molecular weight is 191 g/mol.